The van der Waals surface area contributed by atoms with Crippen molar-refractivity contribution in [2.75, 3.05) is 41.3 Å². The van der Waals surface area contributed by atoms with Gasteiger partial charge in [0.25, 0.3) is 11.8 Å². The van der Waals surface area contributed by atoms with Crippen LogP contribution in [0.4, 0.5) is 22.3 Å². The molecule has 0 saturated carbocycles. The van der Waals surface area contributed by atoms with Crippen LogP contribution in [0, 0.1) is 6.92 Å². The van der Waals surface area contributed by atoms with E-state index in [1.54, 1.807) is 34.3 Å². The molecule has 58 heavy (non-hydrogen) atoms. The maximum Gasteiger partial charge on any atom is 0.262 e. The molecule has 10 rings (SSSR count). The largest absolute Gasteiger partial charge is 0.457 e. The highest BCUT2D eigenvalue weighted by Gasteiger charge is 2.44. The minimum atomic E-state index is -0.995. The smallest absolute Gasteiger partial charge is 0.262 e. The number of rotatable bonds is 8. The van der Waals surface area contributed by atoms with E-state index < -0.39 is 29.7 Å². The number of piperazine rings is 1. The Balaban J connectivity index is 0.808. The van der Waals surface area contributed by atoms with Gasteiger partial charge in [0.15, 0.2) is 10.8 Å². The van der Waals surface area contributed by atoms with Crippen LogP contribution in [0.2, 0.25) is 0 Å². The van der Waals surface area contributed by atoms with Gasteiger partial charge >= 0.3 is 0 Å². The Kier molecular flexibility index (Phi) is 8.51. The van der Waals surface area contributed by atoms with E-state index in [-0.39, 0.29) is 24.0 Å². The lowest BCUT2D eigenvalue weighted by atomic mass is 10.0. The number of piperidine rings is 1. The molecule has 17 heteroatoms. The summed E-state index contributed by atoms with van der Waals surface area (Å²) in [7, 11) is 0. The number of nitrogens with one attached hydrogen (secondary N) is 2. The third-order valence-electron chi connectivity index (χ3n) is 10.7. The topological polar surface area (TPSA) is 180 Å². The Morgan fingerprint density at radius 3 is 2.53 bits per heavy atom. The Bertz CT molecular complexity index is 2830. The fourth-order valence-electron chi connectivity index (χ4n) is 7.63. The van der Waals surface area contributed by atoms with E-state index in [9.17, 15) is 19.2 Å². The average Bonchev–Trinajstić information content (AvgIpc) is 3.98. The molecule has 7 heterocycles. The van der Waals surface area contributed by atoms with Crippen molar-refractivity contribution < 1.29 is 23.9 Å². The zero-order valence-electron chi connectivity index (χ0n) is 31.0. The molecule has 0 bridgehead atoms. The van der Waals surface area contributed by atoms with E-state index in [0.717, 1.165) is 54.9 Å². The quantitative estimate of drug-likeness (QED) is 0.188. The summed E-state index contributed by atoms with van der Waals surface area (Å²) in [5.74, 6) is 0.0172. The molecule has 4 amide bonds. The maximum atomic E-state index is 13.4. The molecule has 4 aromatic heterocycles. The molecule has 288 valence electrons. The summed E-state index contributed by atoms with van der Waals surface area (Å²) in [5.41, 5.74) is 6.46. The molecule has 3 aliphatic heterocycles. The molecule has 3 aromatic carbocycles. The lowest BCUT2D eigenvalue weighted by Crippen LogP contribution is -2.54. The zero-order chi connectivity index (χ0) is 39.5. The van der Waals surface area contributed by atoms with E-state index in [2.05, 4.69) is 51.9 Å². The summed E-state index contributed by atoms with van der Waals surface area (Å²) in [6.07, 6.45) is 5.06. The number of pyridine rings is 1. The van der Waals surface area contributed by atoms with E-state index in [4.69, 9.17) is 9.72 Å². The number of thiazole rings is 1. The first-order chi connectivity index (χ1) is 28.3. The minimum absolute atomic E-state index is 0.0777. The number of benzene rings is 3. The number of carbonyl (C=O) groups excluding carboxylic acids is 4. The van der Waals surface area contributed by atoms with Crippen LogP contribution in [0.3, 0.4) is 0 Å². The number of anilines is 4. The molecule has 7 aromatic rings. The van der Waals surface area contributed by atoms with Gasteiger partial charge in [-0.25, -0.2) is 24.5 Å². The number of hydrogen-bond acceptors (Lipinski definition) is 14. The van der Waals surface area contributed by atoms with E-state index in [1.165, 1.54) is 6.33 Å². The maximum absolute atomic E-state index is 13.4. The average molecular weight is 792 g/mol. The second-order valence-electron chi connectivity index (χ2n) is 14.3. The molecule has 2 saturated heterocycles. The predicted octanol–water partition coefficient (Wildman–Crippen LogP) is 5.37. The van der Waals surface area contributed by atoms with Gasteiger partial charge in [-0.15, -0.1) is 11.3 Å². The molecular weight excluding hydrogens is 759 g/mol. The van der Waals surface area contributed by atoms with Gasteiger partial charge < -0.3 is 19.9 Å². The lowest BCUT2D eigenvalue weighted by Gasteiger charge is -2.36. The molecule has 3 aliphatic rings. The van der Waals surface area contributed by atoms with Crippen molar-refractivity contribution in [3.8, 4) is 22.8 Å². The van der Waals surface area contributed by atoms with Gasteiger partial charge in [0.05, 0.1) is 22.3 Å². The van der Waals surface area contributed by atoms with Crippen molar-refractivity contribution in [3.63, 3.8) is 0 Å². The summed E-state index contributed by atoms with van der Waals surface area (Å²) in [4.78, 5) is 74.4. The van der Waals surface area contributed by atoms with Crippen molar-refractivity contribution in [3.05, 3.63) is 108 Å². The van der Waals surface area contributed by atoms with E-state index in [0.29, 0.717) is 43.4 Å². The van der Waals surface area contributed by atoms with Gasteiger partial charge in [-0.1, -0.05) is 6.07 Å². The summed E-state index contributed by atoms with van der Waals surface area (Å²) < 4.78 is 7.84. The molecule has 0 radical (unpaired) electrons. The lowest BCUT2D eigenvalue weighted by molar-refractivity contribution is -0.136. The third kappa shape index (κ3) is 6.30. The number of nitrogens with zero attached hydrogens (tertiary/aromatic N) is 9. The number of ether oxygens (including phenoxy) is 1. The number of hydrogen-bond donors (Lipinski definition) is 2. The highest BCUT2D eigenvalue weighted by atomic mass is 32.1. The Labute approximate surface area is 334 Å². The van der Waals surface area contributed by atoms with Gasteiger partial charge in [-0.05, 0) is 73.5 Å². The molecule has 1 atom stereocenters. The first kappa shape index (κ1) is 35.2. The van der Waals surface area contributed by atoms with Gasteiger partial charge in [0.1, 0.15) is 36.0 Å². The fourth-order valence-corrected chi connectivity index (χ4v) is 8.52. The SMILES string of the molecule is Cc1cc(Nc2ncnc3ccc(-c4csc(N5CCN(c6ccc7c(c6)C(=O)N(C6CCC(=O)NC6=O)C7=O)CC5)n4)cc23)ccc1Oc1ccn2ncnc2c1. The molecule has 1 unspecified atom stereocenters. The van der Waals surface area contributed by atoms with Crippen LogP contribution in [0.5, 0.6) is 11.5 Å². The van der Waals surface area contributed by atoms with Gasteiger partial charge in [0.2, 0.25) is 11.8 Å². The van der Waals surface area contributed by atoms with Crippen LogP contribution in [0.15, 0.2) is 91.0 Å². The molecular formula is C41H33N11O5S. The standard InChI is InChI=1S/C41H33N11O5S/c1-23-16-25(3-8-34(23)57-27-10-11-51-35(19-27)43-22-45-51)46-37-30-17-24(2-6-31(30)42-21-44-37)32-20-58-41(47-32)50-14-12-49(13-15-50)26-4-5-28-29(18-26)40(56)52(39(28)55)33-7-9-36(53)48-38(33)54/h2-6,8,10-11,16-22,33H,7,9,12-15H2,1H3,(H,42,44,46)(H,48,53,54). The van der Waals surface area contributed by atoms with E-state index in [1.807, 2.05) is 61.7 Å². The Morgan fingerprint density at radius 2 is 1.69 bits per heavy atom. The number of aromatic nitrogens is 6. The summed E-state index contributed by atoms with van der Waals surface area (Å²) >= 11 is 1.58. The number of aryl methyl sites for hydroxylation is 1. The second-order valence-corrected chi connectivity index (χ2v) is 15.1. The van der Waals surface area contributed by atoms with Crippen LogP contribution in [0.1, 0.15) is 39.1 Å². The van der Waals surface area contributed by atoms with Gasteiger partial charge in [-0.3, -0.25) is 29.4 Å². The molecule has 2 fully saturated rings. The Morgan fingerprint density at radius 1 is 0.845 bits per heavy atom. The molecule has 0 spiro atoms. The normalized spacial score (nSPS) is 17.0. The number of amides is 4. The van der Waals surface area contributed by atoms with Crippen LogP contribution in [-0.2, 0) is 9.59 Å². The zero-order valence-corrected chi connectivity index (χ0v) is 31.8. The van der Waals surface area contributed by atoms with Gasteiger partial charge in [0, 0.05) is 72.6 Å². The summed E-state index contributed by atoms with van der Waals surface area (Å²) in [5, 5.41) is 13.7. The van der Waals surface area contributed by atoms with Crippen molar-refractivity contribution >= 4 is 73.8 Å². The molecule has 16 nitrogen and oxygen atoms in total. The summed E-state index contributed by atoms with van der Waals surface area (Å²) in [6.45, 7) is 4.77. The van der Waals surface area contributed by atoms with Crippen molar-refractivity contribution in [1.29, 1.82) is 0 Å². The monoisotopic (exact) mass is 791 g/mol. The van der Waals surface area contributed by atoms with E-state index >= 15 is 0 Å². The van der Waals surface area contributed by atoms with Crippen molar-refractivity contribution in [2.24, 2.45) is 0 Å². The van der Waals surface area contributed by atoms with Crippen LogP contribution < -0.4 is 25.2 Å². The fraction of sp³-hybridized carbons (Fsp3) is 0.195. The van der Waals surface area contributed by atoms with Crippen LogP contribution in [0.25, 0.3) is 27.8 Å². The molecule has 2 N–H and O–H groups in total. The van der Waals surface area contributed by atoms with Gasteiger partial charge in [-0.2, -0.15) is 5.10 Å². The van der Waals surface area contributed by atoms with Crippen LogP contribution >= 0.6 is 11.3 Å². The Hall–Kier alpha value is -7.27. The van der Waals surface area contributed by atoms with Crippen molar-refractivity contribution in [2.45, 2.75) is 25.8 Å². The number of carbonyl (C=O) groups is 4. The minimum Gasteiger partial charge on any atom is -0.457 e. The van der Waals surface area contributed by atoms with Crippen molar-refractivity contribution in [1.82, 2.24) is 39.8 Å². The first-order valence-corrected chi connectivity index (χ1v) is 19.5. The third-order valence-corrected chi connectivity index (χ3v) is 11.6. The number of fused-ring (bicyclic) bond motifs is 3. The summed E-state index contributed by atoms with van der Waals surface area (Å²) in [6, 6.07) is 19.9. The van der Waals surface area contributed by atoms with Crippen LogP contribution in [-0.4, -0.2) is 90.3 Å². The first-order valence-electron chi connectivity index (χ1n) is 18.7. The highest BCUT2D eigenvalue weighted by molar-refractivity contribution is 7.14. The highest BCUT2D eigenvalue weighted by Crippen LogP contribution is 2.35. The predicted molar refractivity (Wildman–Crippen MR) is 216 cm³/mol. The molecule has 0 aliphatic carbocycles. The number of imide groups is 2. The second kappa shape index (κ2) is 14.0.